The van der Waals surface area contributed by atoms with Crippen molar-refractivity contribution in [2.75, 3.05) is 13.7 Å². The summed E-state index contributed by atoms with van der Waals surface area (Å²) in [6.45, 7) is 2.86. The molecule has 35 heavy (non-hydrogen) atoms. The minimum atomic E-state index is -0.394. The zero-order chi connectivity index (χ0) is 24.4. The molecule has 5 nitrogen and oxygen atoms in total. The predicted molar refractivity (Wildman–Crippen MR) is 145 cm³/mol. The fourth-order valence-electron chi connectivity index (χ4n) is 4.63. The normalized spacial score (nSPS) is 18.4. The summed E-state index contributed by atoms with van der Waals surface area (Å²) >= 11 is 7.36. The number of fused-ring (bicyclic) bond motifs is 3. The van der Waals surface area contributed by atoms with Crippen LogP contribution in [0.5, 0.6) is 17.2 Å². The number of unbranched alkanes of at least 4 members (excludes halogenated alkanes) is 2. The summed E-state index contributed by atoms with van der Waals surface area (Å²) in [5.74, 6) is 2.30. The maximum atomic E-state index is 6.61. The van der Waals surface area contributed by atoms with Gasteiger partial charge < -0.3 is 14.2 Å². The van der Waals surface area contributed by atoms with Gasteiger partial charge >= 0.3 is 0 Å². The summed E-state index contributed by atoms with van der Waals surface area (Å²) in [6.07, 6.45) is 3.75. The molecule has 182 valence electrons. The van der Waals surface area contributed by atoms with Crippen molar-refractivity contribution in [2.45, 2.75) is 44.9 Å². The molecule has 5 rings (SSSR count). The second kappa shape index (κ2) is 10.6. The van der Waals surface area contributed by atoms with Gasteiger partial charge in [0.1, 0.15) is 5.75 Å². The minimum absolute atomic E-state index is 0.0590. The van der Waals surface area contributed by atoms with E-state index in [0.29, 0.717) is 12.4 Å². The third kappa shape index (κ3) is 4.94. The molecule has 2 heterocycles. The van der Waals surface area contributed by atoms with E-state index in [4.69, 9.17) is 19.3 Å². The highest BCUT2D eigenvalue weighted by atomic mass is 79.9. The number of hydrazone groups is 1. The van der Waals surface area contributed by atoms with Crippen molar-refractivity contribution < 1.29 is 14.2 Å². The van der Waals surface area contributed by atoms with Crippen molar-refractivity contribution in [1.29, 1.82) is 0 Å². The first-order valence-electron chi connectivity index (χ1n) is 12.0. The number of ether oxygens (including phenoxy) is 3. The lowest BCUT2D eigenvalue weighted by molar-refractivity contribution is -0.0198. The molecule has 0 radical (unpaired) electrons. The molecule has 0 aliphatic carbocycles. The summed E-state index contributed by atoms with van der Waals surface area (Å²) in [6, 6.07) is 20.6. The number of benzene rings is 3. The predicted octanol–water partition coefficient (Wildman–Crippen LogP) is 8.03. The maximum absolute atomic E-state index is 6.61. The Labute approximate surface area is 223 Å². The van der Waals surface area contributed by atoms with Gasteiger partial charge in [-0.2, -0.15) is 5.10 Å². The van der Waals surface area contributed by atoms with E-state index in [9.17, 15) is 0 Å². The summed E-state index contributed by atoms with van der Waals surface area (Å²) in [4.78, 5) is 0. The smallest absolute Gasteiger partial charge is 0.214 e. The van der Waals surface area contributed by atoms with E-state index in [2.05, 4.69) is 62.0 Å². The molecule has 0 spiro atoms. The Kier molecular flexibility index (Phi) is 7.35. The molecule has 0 saturated heterocycles. The second-order valence-corrected chi connectivity index (χ2v) is 10.5. The molecule has 0 aromatic heterocycles. The van der Waals surface area contributed by atoms with E-state index >= 15 is 0 Å². The average Bonchev–Trinajstić information content (AvgIpc) is 3.33. The van der Waals surface area contributed by atoms with Gasteiger partial charge in [-0.15, -0.1) is 0 Å². The van der Waals surface area contributed by atoms with Gasteiger partial charge in [-0.3, -0.25) is 0 Å². The van der Waals surface area contributed by atoms with Crippen LogP contribution >= 0.6 is 31.9 Å². The third-order valence-corrected chi connectivity index (χ3v) is 7.44. The fraction of sp³-hybridized carbons (Fsp3) is 0.321. The molecule has 7 heteroatoms. The Morgan fingerprint density at radius 1 is 1.03 bits per heavy atom. The highest BCUT2D eigenvalue weighted by Gasteiger charge is 2.42. The van der Waals surface area contributed by atoms with Gasteiger partial charge in [-0.25, -0.2) is 5.01 Å². The van der Waals surface area contributed by atoms with Gasteiger partial charge in [0.25, 0.3) is 0 Å². The first kappa shape index (κ1) is 24.2. The number of rotatable bonds is 8. The zero-order valence-corrected chi connectivity index (χ0v) is 23.0. The number of halogens is 2. The van der Waals surface area contributed by atoms with E-state index in [0.717, 1.165) is 68.5 Å². The second-order valence-electron chi connectivity index (χ2n) is 8.75. The van der Waals surface area contributed by atoms with Crippen LogP contribution in [0.4, 0.5) is 0 Å². The van der Waals surface area contributed by atoms with Crippen LogP contribution in [0.2, 0.25) is 0 Å². The van der Waals surface area contributed by atoms with E-state index in [1.165, 1.54) is 0 Å². The lowest BCUT2D eigenvalue weighted by atomic mass is 9.96. The highest BCUT2D eigenvalue weighted by Crippen LogP contribution is 2.51. The molecular weight excluding hydrogens is 572 g/mol. The SMILES string of the molecule is CCCCCOc1ccc([C@H]2Oc3c(Br)cc(Br)cc3[C@H]3CC(c4ccccc4)=NN32)cc1OC. The Morgan fingerprint density at radius 3 is 2.63 bits per heavy atom. The number of hydrogen-bond acceptors (Lipinski definition) is 5. The van der Waals surface area contributed by atoms with Crippen molar-refractivity contribution in [2.24, 2.45) is 5.10 Å². The molecule has 2 atom stereocenters. The van der Waals surface area contributed by atoms with Crippen molar-refractivity contribution in [1.82, 2.24) is 5.01 Å². The van der Waals surface area contributed by atoms with Crippen molar-refractivity contribution in [3.05, 3.63) is 86.3 Å². The van der Waals surface area contributed by atoms with Crippen LogP contribution in [0.15, 0.2) is 74.7 Å². The van der Waals surface area contributed by atoms with E-state index in [1.54, 1.807) is 7.11 Å². The fourth-order valence-corrected chi connectivity index (χ4v) is 5.98. The summed E-state index contributed by atoms with van der Waals surface area (Å²) in [5, 5.41) is 7.15. The van der Waals surface area contributed by atoms with Crippen molar-refractivity contribution in [3.63, 3.8) is 0 Å². The molecular formula is C28H28Br2N2O3. The van der Waals surface area contributed by atoms with Crippen LogP contribution < -0.4 is 14.2 Å². The maximum Gasteiger partial charge on any atom is 0.214 e. The quantitative estimate of drug-likeness (QED) is 0.246. The van der Waals surface area contributed by atoms with Crippen LogP contribution in [0.25, 0.3) is 0 Å². The number of methoxy groups -OCH3 is 1. The monoisotopic (exact) mass is 598 g/mol. The first-order valence-corrected chi connectivity index (χ1v) is 13.5. The Bertz CT molecular complexity index is 1230. The number of nitrogens with zero attached hydrogens (tertiary/aromatic N) is 2. The van der Waals surface area contributed by atoms with Crippen LogP contribution in [-0.4, -0.2) is 24.4 Å². The minimum Gasteiger partial charge on any atom is -0.493 e. The molecule has 3 aromatic rings. The van der Waals surface area contributed by atoms with Gasteiger partial charge in [0.15, 0.2) is 11.5 Å². The van der Waals surface area contributed by atoms with Crippen molar-refractivity contribution >= 4 is 37.6 Å². The van der Waals surface area contributed by atoms with Gasteiger partial charge in [0.05, 0.1) is 29.9 Å². The van der Waals surface area contributed by atoms with Crippen LogP contribution in [0.3, 0.4) is 0 Å². The topological polar surface area (TPSA) is 43.3 Å². The molecule has 2 aliphatic rings. The molecule has 0 bridgehead atoms. The molecule has 0 fully saturated rings. The third-order valence-electron chi connectivity index (χ3n) is 6.39. The number of hydrogen-bond donors (Lipinski definition) is 0. The van der Waals surface area contributed by atoms with Gasteiger partial charge in [-0.05, 0) is 58.2 Å². The lowest BCUT2D eigenvalue weighted by Gasteiger charge is -2.38. The van der Waals surface area contributed by atoms with Crippen molar-refractivity contribution in [3.8, 4) is 17.2 Å². The molecule has 3 aromatic carbocycles. The molecule has 2 aliphatic heterocycles. The average molecular weight is 600 g/mol. The summed E-state index contributed by atoms with van der Waals surface area (Å²) < 4.78 is 20.2. The summed E-state index contributed by atoms with van der Waals surface area (Å²) in [7, 11) is 1.67. The van der Waals surface area contributed by atoms with Crippen LogP contribution in [-0.2, 0) is 0 Å². The van der Waals surface area contributed by atoms with Crippen LogP contribution in [0.1, 0.15) is 61.6 Å². The summed E-state index contributed by atoms with van der Waals surface area (Å²) in [5.41, 5.74) is 4.26. The highest BCUT2D eigenvalue weighted by molar-refractivity contribution is 9.11. The van der Waals surface area contributed by atoms with Crippen LogP contribution in [0, 0.1) is 0 Å². The Balaban J connectivity index is 1.52. The zero-order valence-electron chi connectivity index (χ0n) is 19.8. The van der Waals surface area contributed by atoms with Gasteiger partial charge in [-0.1, -0.05) is 66.0 Å². The largest absolute Gasteiger partial charge is 0.493 e. The molecule has 0 unspecified atom stereocenters. The lowest BCUT2D eigenvalue weighted by Crippen LogP contribution is -2.34. The van der Waals surface area contributed by atoms with E-state index < -0.39 is 6.23 Å². The standard InChI is InChI=1S/C28H28Br2N2O3/c1-3-4-8-13-34-25-12-11-19(14-26(25)33-2)28-32-24(17-23(31-32)18-9-6-5-7-10-18)21-15-20(29)16-22(30)27(21)35-28/h5-7,9-12,14-16,24,28H,3-4,8,13,17H2,1-2H3/t24-,28-/m1/s1. The molecule has 0 amide bonds. The Hall–Kier alpha value is -2.51. The molecule has 0 saturated carbocycles. The molecule has 0 N–H and O–H groups in total. The van der Waals surface area contributed by atoms with Gasteiger partial charge in [0.2, 0.25) is 6.23 Å². The van der Waals surface area contributed by atoms with E-state index in [1.807, 2.05) is 42.5 Å². The van der Waals surface area contributed by atoms with E-state index in [-0.39, 0.29) is 6.04 Å². The Morgan fingerprint density at radius 2 is 1.86 bits per heavy atom. The first-order chi connectivity index (χ1) is 17.1. The van der Waals surface area contributed by atoms with Gasteiger partial charge in [0, 0.05) is 22.0 Å².